The smallest absolute Gasteiger partial charge is 0.247 e. The van der Waals surface area contributed by atoms with E-state index in [0.29, 0.717) is 16.5 Å². The van der Waals surface area contributed by atoms with Gasteiger partial charge in [-0.3, -0.25) is 9.59 Å². The summed E-state index contributed by atoms with van der Waals surface area (Å²) in [5, 5.41) is 14.7. The first-order valence-electron chi connectivity index (χ1n) is 11.9. The molecule has 2 amide bonds. The van der Waals surface area contributed by atoms with Gasteiger partial charge in [-0.2, -0.15) is 10.2 Å². The average Bonchev–Trinajstić information content (AvgIpc) is 3.22. The van der Waals surface area contributed by atoms with E-state index in [1.54, 1.807) is 24.3 Å². The summed E-state index contributed by atoms with van der Waals surface area (Å²) in [6, 6.07) is 33.6. The van der Waals surface area contributed by atoms with Crippen LogP contribution in [0.25, 0.3) is 0 Å². The van der Waals surface area contributed by atoms with Crippen LogP contribution in [0.2, 0.25) is 0 Å². The number of nitrogens with one attached hydrogen (secondary N) is 2. The number of rotatable bonds is 7. The van der Waals surface area contributed by atoms with Crippen LogP contribution < -0.4 is 15.5 Å². The molecule has 0 radical (unpaired) electrons. The highest BCUT2D eigenvalue weighted by molar-refractivity contribution is 8.00. The number of carbonyl (C=O) groups excluding carboxylic acids is 2. The summed E-state index contributed by atoms with van der Waals surface area (Å²) in [4.78, 5) is 28.0. The first kappa shape index (κ1) is 25.3. The molecule has 0 aliphatic carbocycles. The molecule has 1 aliphatic rings. The van der Waals surface area contributed by atoms with Crippen LogP contribution >= 0.6 is 24.0 Å². The fourth-order valence-electron chi connectivity index (χ4n) is 3.84. The van der Waals surface area contributed by atoms with Crippen molar-refractivity contribution in [3.63, 3.8) is 0 Å². The van der Waals surface area contributed by atoms with Crippen molar-refractivity contribution in [2.75, 3.05) is 15.5 Å². The molecule has 1 fully saturated rings. The minimum Gasteiger partial charge on any atom is -0.332 e. The Morgan fingerprint density at radius 2 is 1.29 bits per heavy atom. The zero-order chi connectivity index (χ0) is 26.3. The SMILES string of the molecule is O=C1C[C@@H](Sc2ccc(NC(=S)Nc3ccccc3)cc2)C(=O)N1c1ccc(N=Nc2ccccc2)cc1. The van der Waals surface area contributed by atoms with Gasteiger partial charge < -0.3 is 10.6 Å². The molecule has 7 nitrogen and oxygen atoms in total. The van der Waals surface area contributed by atoms with E-state index in [0.717, 1.165) is 22.0 Å². The van der Waals surface area contributed by atoms with Crippen LogP contribution in [0.1, 0.15) is 6.42 Å². The number of benzene rings is 4. The van der Waals surface area contributed by atoms with Crippen LogP contribution in [0.3, 0.4) is 0 Å². The van der Waals surface area contributed by atoms with Crippen molar-refractivity contribution in [2.24, 2.45) is 10.2 Å². The summed E-state index contributed by atoms with van der Waals surface area (Å²) in [5.41, 5.74) is 3.63. The molecule has 2 N–H and O–H groups in total. The van der Waals surface area contributed by atoms with Crippen LogP contribution in [0, 0.1) is 0 Å². The molecule has 188 valence electrons. The Balaban J connectivity index is 1.18. The number of imide groups is 1. The highest BCUT2D eigenvalue weighted by Gasteiger charge is 2.40. The van der Waals surface area contributed by atoms with Crippen LogP contribution in [0.15, 0.2) is 124 Å². The third-order valence-corrected chi connectivity index (χ3v) is 7.07. The number of nitrogens with zero attached hydrogens (tertiary/aromatic N) is 3. The van der Waals surface area contributed by atoms with E-state index >= 15 is 0 Å². The van der Waals surface area contributed by atoms with Crippen molar-refractivity contribution in [2.45, 2.75) is 16.6 Å². The van der Waals surface area contributed by atoms with Crippen molar-refractivity contribution < 1.29 is 9.59 Å². The molecule has 5 rings (SSSR count). The van der Waals surface area contributed by atoms with Gasteiger partial charge >= 0.3 is 0 Å². The van der Waals surface area contributed by atoms with Crippen molar-refractivity contribution in [1.82, 2.24) is 0 Å². The van der Waals surface area contributed by atoms with Gasteiger partial charge in [-0.05, 0) is 85.0 Å². The maximum atomic E-state index is 13.1. The Morgan fingerprint density at radius 1 is 0.737 bits per heavy atom. The zero-order valence-corrected chi connectivity index (χ0v) is 21.8. The maximum Gasteiger partial charge on any atom is 0.247 e. The fraction of sp³-hybridized carbons (Fsp3) is 0.0690. The lowest BCUT2D eigenvalue weighted by molar-refractivity contribution is -0.121. The number of hydrogen-bond donors (Lipinski definition) is 2. The zero-order valence-electron chi connectivity index (χ0n) is 20.2. The molecule has 0 unspecified atom stereocenters. The lowest BCUT2D eigenvalue weighted by Gasteiger charge is -2.15. The second-order valence-electron chi connectivity index (χ2n) is 8.40. The van der Waals surface area contributed by atoms with E-state index in [9.17, 15) is 9.59 Å². The minimum absolute atomic E-state index is 0.143. The number of para-hydroxylation sites is 1. The summed E-state index contributed by atoms with van der Waals surface area (Å²) in [5.74, 6) is -0.448. The molecule has 4 aromatic carbocycles. The number of thioether (sulfide) groups is 1. The Morgan fingerprint density at radius 3 is 1.92 bits per heavy atom. The summed E-state index contributed by atoms with van der Waals surface area (Å²) < 4.78 is 0. The van der Waals surface area contributed by atoms with Gasteiger partial charge in [0.05, 0.1) is 22.3 Å². The van der Waals surface area contributed by atoms with Crippen LogP contribution in [-0.2, 0) is 9.59 Å². The van der Waals surface area contributed by atoms with Crippen molar-refractivity contribution >= 4 is 69.3 Å². The molecular weight excluding hydrogens is 514 g/mol. The Kier molecular flexibility index (Phi) is 7.86. The largest absolute Gasteiger partial charge is 0.332 e. The Hall–Kier alpha value is -4.34. The molecule has 1 saturated heterocycles. The predicted octanol–water partition coefficient (Wildman–Crippen LogP) is 7.34. The van der Waals surface area contributed by atoms with Gasteiger partial charge in [0, 0.05) is 22.7 Å². The van der Waals surface area contributed by atoms with E-state index in [2.05, 4.69) is 20.9 Å². The molecule has 1 heterocycles. The lowest BCUT2D eigenvalue weighted by Crippen LogP contribution is -2.30. The fourth-order valence-corrected chi connectivity index (χ4v) is 5.13. The molecule has 9 heteroatoms. The van der Waals surface area contributed by atoms with Gasteiger partial charge in [-0.15, -0.1) is 11.8 Å². The van der Waals surface area contributed by atoms with E-state index < -0.39 is 5.25 Å². The van der Waals surface area contributed by atoms with Crippen LogP contribution in [0.5, 0.6) is 0 Å². The normalized spacial score (nSPS) is 15.2. The quantitative estimate of drug-likeness (QED) is 0.146. The number of carbonyl (C=O) groups is 2. The highest BCUT2D eigenvalue weighted by Crippen LogP contribution is 2.35. The van der Waals surface area contributed by atoms with Gasteiger partial charge in [-0.1, -0.05) is 36.4 Å². The highest BCUT2D eigenvalue weighted by atomic mass is 32.2. The van der Waals surface area contributed by atoms with Gasteiger partial charge in [0.2, 0.25) is 11.8 Å². The van der Waals surface area contributed by atoms with Crippen molar-refractivity contribution in [3.8, 4) is 0 Å². The van der Waals surface area contributed by atoms with E-state index in [-0.39, 0.29) is 18.2 Å². The third kappa shape index (κ3) is 6.31. The van der Waals surface area contributed by atoms with Gasteiger partial charge in [0.25, 0.3) is 0 Å². The standard InChI is InChI=1S/C29H23N5O2S2/c35-27-19-26(38-25-17-13-21(14-18-25)31-29(37)30-20-7-3-1-4-8-20)28(36)34(27)24-15-11-23(12-16-24)33-32-22-9-5-2-6-10-22/h1-18,26H,19H2,(H2,30,31,37)/t26-/m1/s1. The van der Waals surface area contributed by atoms with Crippen molar-refractivity contribution in [1.29, 1.82) is 0 Å². The lowest BCUT2D eigenvalue weighted by atomic mass is 10.2. The number of amides is 2. The minimum atomic E-state index is -0.487. The van der Waals surface area contributed by atoms with Gasteiger partial charge in [0.15, 0.2) is 5.11 Å². The van der Waals surface area contributed by atoms with E-state index in [4.69, 9.17) is 12.2 Å². The summed E-state index contributed by atoms with van der Waals surface area (Å²) in [7, 11) is 0. The van der Waals surface area contributed by atoms with Gasteiger partial charge in [-0.25, -0.2) is 4.90 Å². The molecule has 0 bridgehead atoms. The number of thiocarbonyl (C=S) groups is 1. The topological polar surface area (TPSA) is 86.2 Å². The number of hydrogen-bond acceptors (Lipinski definition) is 6. The summed E-state index contributed by atoms with van der Waals surface area (Å²) >= 11 is 6.75. The molecular formula is C29H23N5O2S2. The summed E-state index contributed by atoms with van der Waals surface area (Å²) in [6.45, 7) is 0. The number of azo groups is 1. The molecule has 0 spiro atoms. The predicted molar refractivity (Wildman–Crippen MR) is 157 cm³/mol. The molecule has 0 saturated carbocycles. The molecule has 4 aromatic rings. The van der Waals surface area contributed by atoms with E-state index in [1.165, 1.54) is 16.7 Å². The van der Waals surface area contributed by atoms with Crippen molar-refractivity contribution in [3.05, 3.63) is 109 Å². The second-order valence-corrected chi connectivity index (χ2v) is 10.1. The third-order valence-electron chi connectivity index (χ3n) is 5.67. The summed E-state index contributed by atoms with van der Waals surface area (Å²) in [6.07, 6.45) is 0.143. The monoisotopic (exact) mass is 537 g/mol. The second kappa shape index (κ2) is 11.8. The van der Waals surface area contributed by atoms with Gasteiger partial charge in [0.1, 0.15) is 0 Å². The van der Waals surface area contributed by atoms with Crippen LogP contribution in [-0.4, -0.2) is 22.2 Å². The molecule has 1 aliphatic heterocycles. The number of anilines is 3. The Bertz CT molecular complexity index is 1460. The first-order valence-corrected chi connectivity index (χ1v) is 13.2. The Labute approximate surface area is 230 Å². The molecule has 1 atom stereocenters. The van der Waals surface area contributed by atoms with E-state index in [1.807, 2.05) is 84.9 Å². The molecule has 38 heavy (non-hydrogen) atoms. The maximum absolute atomic E-state index is 13.1. The molecule has 0 aromatic heterocycles. The first-order chi connectivity index (χ1) is 18.5. The van der Waals surface area contributed by atoms with Crippen LogP contribution in [0.4, 0.5) is 28.4 Å². The average molecular weight is 538 g/mol.